The van der Waals surface area contributed by atoms with Gasteiger partial charge in [-0.25, -0.2) is 0 Å². The highest BCUT2D eigenvalue weighted by Gasteiger charge is 2.23. The van der Waals surface area contributed by atoms with E-state index < -0.39 is 17.4 Å². The third-order valence-electron chi connectivity index (χ3n) is 2.26. The highest BCUT2D eigenvalue weighted by molar-refractivity contribution is 7.10. The average molecular weight is 241 g/mol. The van der Waals surface area contributed by atoms with Crippen LogP contribution in [-0.2, 0) is 11.3 Å². The summed E-state index contributed by atoms with van der Waals surface area (Å²) in [5.41, 5.74) is 10.1. The van der Waals surface area contributed by atoms with Crippen LogP contribution in [-0.4, -0.2) is 17.4 Å². The highest BCUT2D eigenvalue weighted by atomic mass is 32.1. The second-order valence-corrected chi connectivity index (χ2v) is 5.00. The predicted octanol–water partition coefficient (Wildman–Crippen LogP) is 0.201. The van der Waals surface area contributed by atoms with Crippen molar-refractivity contribution in [2.24, 2.45) is 11.5 Å². The molecule has 0 saturated heterocycles. The Hall–Kier alpha value is -1.40. The van der Waals surface area contributed by atoms with Gasteiger partial charge in [-0.3, -0.25) is 14.9 Å². The molecular weight excluding hydrogens is 226 g/mol. The molecule has 88 valence electrons. The van der Waals surface area contributed by atoms with Gasteiger partial charge in [0.1, 0.15) is 0 Å². The molecule has 5 nitrogen and oxygen atoms in total. The van der Waals surface area contributed by atoms with Crippen molar-refractivity contribution in [1.29, 1.82) is 0 Å². The van der Waals surface area contributed by atoms with Crippen LogP contribution in [0.1, 0.15) is 29.1 Å². The molecule has 1 rings (SSSR count). The highest BCUT2D eigenvalue weighted by Crippen LogP contribution is 2.15. The van der Waals surface area contributed by atoms with E-state index in [-0.39, 0.29) is 0 Å². The van der Waals surface area contributed by atoms with E-state index in [0.717, 1.165) is 4.88 Å². The summed E-state index contributed by atoms with van der Waals surface area (Å²) in [6.45, 7) is 3.89. The van der Waals surface area contributed by atoms with Gasteiger partial charge in [0.15, 0.2) is 0 Å². The second-order valence-electron chi connectivity index (χ2n) is 4.01. The quantitative estimate of drug-likeness (QED) is 0.686. The average Bonchev–Trinajstić information content (AvgIpc) is 2.63. The fraction of sp³-hybridized carbons (Fsp3) is 0.400. The van der Waals surface area contributed by atoms with Gasteiger partial charge >= 0.3 is 0 Å². The maximum atomic E-state index is 11.0. The number of nitrogens with two attached hydrogens (primary N) is 2. The molecule has 0 aromatic carbocycles. The smallest absolute Gasteiger partial charge is 0.249 e. The molecule has 0 aliphatic carbocycles. The van der Waals surface area contributed by atoms with E-state index in [1.54, 1.807) is 25.3 Å². The van der Waals surface area contributed by atoms with E-state index in [1.165, 1.54) is 11.3 Å². The van der Waals surface area contributed by atoms with Gasteiger partial charge in [0, 0.05) is 16.8 Å². The fourth-order valence-electron chi connectivity index (χ4n) is 0.998. The fourth-order valence-corrected chi connectivity index (χ4v) is 1.81. The third-order valence-corrected chi connectivity index (χ3v) is 3.20. The van der Waals surface area contributed by atoms with Crippen molar-refractivity contribution < 1.29 is 9.59 Å². The molecule has 0 bridgehead atoms. The molecule has 1 aromatic rings. The molecule has 0 saturated carbocycles. The Morgan fingerprint density at radius 3 is 2.50 bits per heavy atom. The minimum atomic E-state index is -0.767. The molecule has 6 heteroatoms. The Bertz CT molecular complexity index is 412. The number of hydrogen-bond acceptors (Lipinski definition) is 4. The maximum absolute atomic E-state index is 11.0. The standard InChI is InChI=1S/C10H15N3O2S/c1-10(2,9(12)15)13-4-7-3-6(5-16-7)8(11)14/h3,5,13H,4H2,1-2H3,(H2,11,14)(H2,12,15). The summed E-state index contributed by atoms with van der Waals surface area (Å²) in [6.07, 6.45) is 0. The lowest BCUT2D eigenvalue weighted by Gasteiger charge is -2.21. The molecule has 16 heavy (non-hydrogen) atoms. The molecule has 0 unspecified atom stereocenters. The van der Waals surface area contributed by atoms with Gasteiger partial charge in [0.05, 0.1) is 11.1 Å². The number of carbonyl (C=O) groups excluding carboxylic acids is 2. The molecule has 5 N–H and O–H groups in total. The predicted molar refractivity (Wildman–Crippen MR) is 63.0 cm³/mol. The monoisotopic (exact) mass is 241 g/mol. The van der Waals surface area contributed by atoms with Gasteiger partial charge in [0.25, 0.3) is 0 Å². The number of thiophene rings is 1. The molecule has 1 aromatic heterocycles. The normalized spacial score (nSPS) is 11.4. The molecule has 0 fully saturated rings. The zero-order valence-electron chi connectivity index (χ0n) is 9.24. The van der Waals surface area contributed by atoms with Crippen molar-refractivity contribution in [2.45, 2.75) is 25.9 Å². The van der Waals surface area contributed by atoms with Crippen LogP contribution in [0, 0.1) is 0 Å². The zero-order valence-corrected chi connectivity index (χ0v) is 10.1. The number of carbonyl (C=O) groups is 2. The van der Waals surface area contributed by atoms with Crippen molar-refractivity contribution in [3.8, 4) is 0 Å². The first-order valence-electron chi connectivity index (χ1n) is 4.75. The lowest BCUT2D eigenvalue weighted by molar-refractivity contribution is -0.123. The topological polar surface area (TPSA) is 98.2 Å². The molecule has 1 heterocycles. The van der Waals surface area contributed by atoms with E-state index in [0.29, 0.717) is 12.1 Å². The summed E-state index contributed by atoms with van der Waals surface area (Å²) in [4.78, 5) is 22.8. The van der Waals surface area contributed by atoms with Crippen LogP contribution in [0.3, 0.4) is 0 Å². The molecule has 0 radical (unpaired) electrons. The van der Waals surface area contributed by atoms with Crippen molar-refractivity contribution in [3.63, 3.8) is 0 Å². The van der Waals surface area contributed by atoms with Crippen LogP contribution in [0.15, 0.2) is 11.4 Å². The van der Waals surface area contributed by atoms with Crippen LogP contribution in [0.25, 0.3) is 0 Å². The summed E-state index contributed by atoms with van der Waals surface area (Å²) in [5.74, 6) is -0.865. The van der Waals surface area contributed by atoms with E-state index >= 15 is 0 Å². The van der Waals surface area contributed by atoms with Crippen LogP contribution >= 0.6 is 11.3 Å². The molecule has 0 aliphatic rings. The van der Waals surface area contributed by atoms with E-state index in [9.17, 15) is 9.59 Å². The van der Waals surface area contributed by atoms with Crippen LogP contribution < -0.4 is 16.8 Å². The van der Waals surface area contributed by atoms with Crippen molar-refractivity contribution in [1.82, 2.24) is 5.32 Å². The lowest BCUT2D eigenvalue weighted by atomic mass is 10.1. The Labute approximate surface area is 97.8 Å². The van der Waals surface area contributed by atoms with Gasteiger partial charge in [-0.1, -0.05) is 0 Å². The number of primary amides is 2. The van der Waals surface area contributed by atoms with E-state index in [1.807, 2.05) is 0 Å². The lowest BCUT2D eigenvalue weighted by Crippen LogP contribution is -2.50. The third kappa shape index (κ3) is 3.04. The second kappa shape index (κ2) is 4.63. The van der Waals surface area contributed by atoms with Gasteiger partial charge in [-0.05, 0) is 19.9 Å². The maximum Gasteiger partial charge on any atom is 0.249 e. The van der Waals surface area contributed by atoms with Crippen LogP contribution in [0.4, 0.5) is 0 Å². The van der Waals surface area contributed by atoms with Gasteiger partial charge in [-0.15, -0.1) is 11.3 Å². The summed E-state index contributed by atoms with van der Waals surface area (Å²) >= 11 is 1.41. The van der Waals surface area contributed by atoms with E-state index in [2.05, 4.69) is 5.32 Å². The number of hydrogen-bond donors (Lipinski definition) is 3. The largest absolute Gasteiger partial charge is 0.368 e. The minimum absolute atomic E-state index is 0.417. The van der Waals surface area contributed by atoms with Gasteiger partial charge in [-0.2, -0.15) is 0 Å². The molecule has 0 atom stereocenters. The van der Waals surface area contributed by atoms with Gasteiger partial charge < -0.3 is 11.5 Å². The Morgan fingerprint density at radius 1 is 1.44 bits per heavy atom. The summed E-state index contributed by atoms with van der Waals surface area (Å²) in [7, 11) is 0. The Morgan fingerprint density at radius 2 is 2.06 bits per heavy atom. The first-order valence-corrected chi connectivity index (χ1v) is 5.63. The molecule has 0 aliphatic heterocycles. The number of nitrogens with one attached hydrogen (secondary N) is 1. The summed E-state index contributed by atoms with van der Waals surface area (Å²) in [5, 5.41) is 4.70. The Balaban J connectivity index is 2.61. The zero-order chi connectivity index (χ0) is 12.3. The molecule has 2 amide bonds. The number of rotatable bonds is 5. The summed E-state index contributed by atoms with van der Waals surface area (Å²) in [6, 6.07) is 1.71. The van der Waals surface area contributed by atoms with Crippen LogP contribution in [0.2, 0.25) is 0 Å². The van der Waals surface area contributed by atoms with Crippen LogP contribution in [0.5, 0.6) is 0 Å². The first kappa shape index (κ1) is 12.7. The molecule has 0 spiro atoms. The Kier molecular flexibility index (Phi) is 3.66. The summed E-state index contributed by atoms with van der Waals surface area (Å²) < 4.78 is 0. The van der Waals surface area contributed by atoms with Crippen molar-refractivity contribution in [2.75, 3.05) is 0 Å². The van der Waals surface area contributed by atoms with Crippen molar-refractivity contribution in [3.05, 3.63) is 21.9 Å². The van der Waals surface area contributed by atoms with Crippen molar-refractivity contribution >= 4 is 23.2 Å². The number of amides is 2. The van der Waals surface area contributed by atoms with Gasteiger partial charge in [0.2, 0.25) is 11.8 Å². The first-order chi connectivity index (χ1) is 7.33. The van der Waals surface area contributed by atoms with E-state index in [4.69, 9.17) is 11.5 Å². The minimum Gasteiger partial charge on any atom is -0.368 e. The SMILES string of the molecule is CC(C)(NCc1cc(C(N)=O)cs1)C(N)=O. The molecular formula is C10H15N3O2S.